The first-order valence-electron chi connectivity index (χ1n) is 8.91. The molecule has 2 aromatic rings. The predicted octanol–water partition coefficient (Wildman–Crippen LogP) is 3.02. The lowest BCUT2D eigenvalue weighted by Gasteiger charge is -2.36. The number of carbonyl (C=O) groups is 2. The van der Waals surface area contributed by atoms with Gasteiger partial charge in [0, 0.05) is 20.0 Å². The van der Waals surface area contributed by atoms with Crippen molar-refractivity contribution in [1.82, 2.24) is 10.2 Å². The van der Waals surface area contributed by atoms with Gasteiger partial charge in [-0.15, -0.1) is 0 Å². The van der Waals surface area contributed by atoms with E-state index in [0.717, 1.165) is 12.0 Å². The van der Waals surface area contributed by atoms with E-state index in [-0.39, 0.29) is 30.1 Å². The summed E-state index contributed by atoms with van der Waals surface area (Å²) < 4.78 is 13.6. The maximum absolute atomic E-state index is 13.6. The molecule has 0 saturated heterocycles. The van der Waals surface area contributed by atoms with Crippen LogP contribution in [0.4, 0.5) is 4.39 Å². The van der Waals surface area contributed by atoms with Crippen LogP contribution in [0.5, 0.6) is 0 Å². The van der Waals surface area contributed by atoms with Gasteiger partial charge in [-0.3, -0.25) is 9.59 Å². The molecule has 4 nitrogen and oxygen atoms in total. The van der Waals surface area contributed by atoms with Gasteiger partial charge in [-0.2, -0.15) is 0 Å². The molecular formula is C21H23FN2O2. The van der Waals surface area contributed by atoms with Crippen LogP contribution < -0.4 is 5.32 Å². The molecule has 3 rings (SSSR count). The monoisotopic (exact) mass is 354 g/mol. The van der Waals surface area contributed by atoms with Crippen molar-refractivity contribution in [2.45, 2.75) is 32.2 Å². The largest absolute Gasteiger partial charge is 0.356 e. The fourth-order valence-electron chi connectivity index (χ4n) is 3.53. The second-order valence-corrected chi connectivity index (χ2v) is 6.57. The molecule has 0 bridgehead atoms. The molecule has 0 saturated carbocycles. The molecule has 1 atom stereocenters. The standard InChI is InChI=1S/C21H23FN2O2/c1-15(25)24-13-11-16-6-2-4-8-18(16)20(24)14-21(26)23-12-10-17-7-3-5-9-19(17)22/h2-9,20H,10-14H2,1H3,(H,23,26). The Morgan fingerprint density at radius 3 is 2.65 bits per heavy atom. The van der Waals surface area contributed by atoms with E-state index in [1.54, 1.807) is 23.1 Å². The lowest BCUT2D eigenvalue weighted by atomic mass is 9.90. The Bertz CT molecular complexity index is 806. The van der Waals surface area contributed by atoms with E-state index in [0.29, 0.717) is 25.1 Å². The molecule has 0 fully saturated rings. The third kappa shape index (κ3) is 4.10. The number of amides is 2. The summed E-state index contributed by atoms with van der Waals surface area (Å²) in [5, 5.41) is 2.85. The van der Waals surface area contributed by atoms with Crippen LogP contribution in [-0.2, 0) is 22.4 Å². The van der Waals surface area contributed by atoms with Crippen molar-refractivity contribution in [3.05, 3.63) is 71.0 Å². The van der Waals surface area contributed by atoms with Gasteiger partial charge in [0.05, 0.1) is 12.5 Å². The average molecular weight is 354 g/mol. The molecule has 136 valence electrons. The summed E-state index contributed by atoms with van der Waals surface area (Å²) in [6, 6.07) is 14.3. The molecule has 5 heteroatoms. The lowest BCUT2D eigenvalue weighted by Crippen LogP contribution is -2.41. The van der Waals surface area contributed by atoms with Gasteiger partial charge < -0.3 is 10.2 Å². The first-order valence-corrected chi connectivity index (χ1v) is 8.91. The SMILES string of the molecule is CC(=O)N1CCc2ccccc2C1CC(=O)NCCc1ccccc1F. The van der Waals surface area contributed by atoms with Crippen molar-refractivity contribution in [3.8, 4) is 0 Å². The number of carbonyl (C=O) groups excluding carboxylic acids is 2. The van der Waals surface area contributed by atoms with E-state index < -0.39 is 0 Å². The minimum Gasteiger partial charge on any atom is -0.356 e. The highest BCUT2D eigenvalue weighted by atomic mass is 19.1. The van der Waals surface area contributed by atoms with Crippen LogP contribution in [0.3, 0.4) is 0 Å². The number of nitrogens with zero attached hydrogens (tertiary/aromatic N) is 1. The van der Waals surface area contributed by atoms with Gasteiger partial charge in [-0.25, -0.2) is 4.39 Å². The van der Waals surface area contributed by atoms with Crippen molar-refractivity contribution in [2.24, 2.45) is 0 Å². The highest BCUT2D eigenvalue weighted by Crippen LogP contribution is 2.32. The van der Waals surface area contributed by atoms with Crippen LogP contribution in [0, 0.1) is 5.82 Å². The summed E-state index contributed by atoms with van der Waals surface area (Å²) in [4.78, 5) is 26.2. The summed E-state index contributed by atoms with van der Waals surface area (Å²) in [6.45, 7) is 2.53. The van der Waals surface area contributed by atoms with Gasteiger partial charge in [-0.1, -0.05) is 42.5 Å². The van der Waals surface area contributed by atoms with E-state index in [4.69, 9.17) is 0 Å². The molecule has 0 spiro atoms. The number of benzene rings is 2. The smallest absolute Gasteiger partial charge is 0.222 e. The minimum absolute atomic E-state index is 0.0244. The lowest BCUT2D eigenvalue weighted by molar-refractivity contribution is -0.133. The van der Waals surface area contributed by atoms with Crippen molar-refractivity contribution >= 4 is 11.8 Å². The Hall–Kier alpha value is -2.69. The molecule has 1 aliphatic heterocycles. The molecule has 0 aromatic heterocycles. The van der Waals surface area contributed by atoms with E-state index in [1.165, 1.54) is 18.6 Å². The van der Waals surface area contributed by atoms with Crippen LogP contribution >= 0.6 is 0 Å². The van der Waals surface area contributed by atoms with Gasteiger partial charge >= 0.3 is 0 Å². The fourth-order valence-corrected chi connectivity index (χ4v) is 3.53. The second kappa shape index (κ2) is 8.13. The zero-order valence-electron chi connectivity index (χ0n) is 14.9. The van der Waals surface area contributed by atoms with Crippen LogP contribution in [0.25, 0.3) is 0 Å². The van der Waals surface area contributed by atoms with Gasteiger partial charge in [0.25, 0.3) is 0 Å². The molecule has 1 unspecified atom stereocenters. The number of hydrogen-bond donors (Lipinski definition) is 1. The summed E-state index contributed by atoms with van der Waals surface area (Å²) in [7, 11) is 0. The van der Waals surface area contributed by atoms with Gasteiger partial charge in [-0.05, 0) is 35.6 Å². The topological polar surface area (TPSA) is 49.4 Å². The third-order valence-corrected chi connectivity index (χ3v) is 4.87. The summed E-state index contributed by atoms with van der Waals surface area (Å²) in [6.07, 6.45) is 1.46. The minimum atomic E-state index is -0.259. The molecule has 26 heavy (non-hydrogen) atoms. The molecular weight excluding hydrogens is 331 g/mol. The predicted molar refractivity (Wildman–Crippen MR) is 98.0 cm³/mol. The van der Waals surface area contributed by atoms with Crippen LogP contribution in [-0.4, -0.2) is 29.8 Å². The quantitative estimate of drug-likeness (QED) is 0.897. The third-order valence-electron chi connectivity index (χ3n) is 4.87. The number of nitrogens with one attached hydrogen (secondary N) is 1. The fraction of sp³-hybridized carbons (Fsp3) is 0.333. The molecule has 1 aliphatic rings. The molecule has 0 aliphatic carbocycles. The highest BCUT2D eigenvalue weighted by molar-refractivity contribution is 5.79. The van der Waals surface area contributed by atoms with E-state index in [9.17, 15) is 14.0 Å². The molecule has 1 heterocycles. The second-order valence-electron chi connectivity index (χ2n) is 6.57. The average Bonchev–Trinajstić information content (AvgIpc) is 2.63. The Morgan fingerprint density at radius 2 is 1.88 bits per heavy atom. The number of rotatable bonds is 5. The highest BCUT2D eigenvalue weighted by Gasteiger charge is 2.30. The zero-order valence-corrected chi connectivity index (χ0v) is 14.9. The van der Waals surface area contributed by atoms with Crippen molar-refractivity contribution in [3.63, 3.8) is 0 Å². The summed E-state index contributed by atoms with van der Waals surface area (Å²) >= 11 is 0. The van der Waals surface area contributed by atoms with E-state index >= 15 is 0 Å². The van der Waals surface area contributed by atoms with Crippen molar-refractivity contribution in [1.29, 1.82) is 0 Å². The molecule has 0 radical (unpaired) electrons. The van der Waals surface area contributed by atoms with Gasteiger partial charge in [0.15, 0.2) is 0 Å². The van der Waals surface area contributed by atoms with Crippen LogP contribution in [0.1, 0.15) is 36.1 Å². The summed E-state index contributed by atoms with van der Waals surface area (Å²) in [5.41, 5.74) is 2.81. The van der Waals surface area contributed by atoms with E-state index in [2.05, 4.69) is 11.4 Å². The Morgan fingerprint density at radius 1 is 1.15 bits per heavy atom. The van der Waals surface area contributed by atoms with Gasteiger partial charge in [0.2, 0.25) is 11.8 Å². The Kier molecular flexibility index (Phi) is 5.66. The molecule has 1 N–H and O–H groups in total. The van der Waals surface area contributed by atoms with Crippen molar-refractivity contribution < 1.29 is 14.0 Å². The molecule has 2 amide bonds. The Labute approximate surface area is 153 Å². The number of hydrogen-bond acceptors (Lipinski definition) is 2. The maximum atomic E-state index is 13.6. The van der Waals surface area contributed by atoms with Crippen LogP contribution in [0.2, 0.25) is 0 Å². The molecule has 2 aromatic carbocycles. The van der Waals surface area contributed by atoms with Gasteiger partial charge in [0.1, 0.15) is 5.82 Å². The van der Waals surface area contributed by atoms with E-state index in [1.807, 2.05) is 18.2 Å². The zero-order chi connectivity index (χ0) is 18.5. The normalized spacial score (nSPS) is 16.1. The maximum Gasteiger partial charge on any atom is 0.222 e. The Balaban J connectivity index is 1.63. The number of fused-ring (bicyclic) bond motifs is 1. The van der Waals surface area contributed by atoms with Crippen LogP contribution in [0.15, 0.2) is 48.5 Å². The first-order chi connectivity index (χ1) is 12.6. The first kappa shape index (κ1) is 18.1. The summed E-state index contributed by atoms with van der Waals surface area (Å²) in [5.74, 6) is -0.413. The number of halogens is 1. The van der Waals surface area contributed by atoms with Crippen molar-refractivity contribution in [2.75, 3.05) is 13.1 Å².